The summed E-state index contributed by atoms with van der Waals surface area (Å²) in [6.07, 6.45) is 6.20. The first-order valence-electron chi connectivity index (χ1n) is 8.92. The van der Waals surface area contributed by atoms with Crippen LogP contribution in [0, 0.1) is 11.8 Å². The Labute approximate surface area is 139 Å². The standard InChI is InChI=1S/C19H29N3O/c1-13(2)18-10-14(8-9-23-18)12-21-19(20)22-17-7-6-15-4-3-5-16(15)11-17/h6-7,11,13-14,18H,3-5,8-10,12H2,1-2H3,(H3,20,21,22). The lowest BCUT2D eigenvalue weighted by atomic mass is 9.90. The Balaban J connectivity index is 1.53. The minimum atomic E-state index is 0.370. The average molecular weight is 315 g/mol. The van der Waals surface area contributed by atoms with E-state index < -0.39 is 0 Å². The van der Waals surface area contributed by atoms with Crippen LogP contribution in [0.15, 0.2) is 23.2 Å². The highest BCUT2D eigenvalue weighted by Crippen LogP contribution is 2.26. The number of benzene rings is 1. The van der Waals surface area contributed by atoms with E-state index in [0.717, 1.165) is 31.7 Å². The van der Waals surface area contributed by atoms with Crippen LogP contribution < -0.4 is 11.1 Å². The molecule has 1 aliphatic heterocycles. The van der Waals surface area contributed by atoms with Crippen LogP contribution in [0.25, 0.3) is 0 Å². The van der Waals surface area contributed by atoms with Crippen LogP contribution in [-0.4, -0.2) is 25.2 Å². The predicted octanol–water partition coefficient (Wildman–Crippen LogP) is 3.35. The molecule has 1 aliphatic carbocycles. The highest BCUT2D eigenvalue weighted by atomic mass is 16.5. The molecule has 0 spiro atoms. The predicted molar refractivity (Wildman–Crippen MR) is 95.9 cm³/mol. The van der Waals surface area contributed by atoms with E-state index in [0.29, 0.717) is 23.9 Å². The third kappa shape index (κ3) is 4.25. The van der Waals surface area contributed by atoms with Gasteiger partial charge in [-0.05, 0) is 67.2 Å². The fourth-order valence-corrected chi connectivity index (χ4v) is 3.60. The number of hydrogen-bond donors (Lipinski definition) is 2. The molecule has 1 aromatic rings. The van der Waals surface area contributed by atoms with E-state index in [4.69, 9.17) is 10.5 Å². The summed E-state index contributed by atoms with van der Waals surface area (Å²) in [5, 5.41) is 3.24. The smallest absolute Gasteiger partial charge is 0.193 e. The van der Waals surface area contributed by atoms with Gasteiger partial charge in [-0.2, -0.15) is 0 Å². The van der Waals surface area contributed by atoms with E-state index in [-0.39, 0.29) is 0 Å². The molecule has 0 bridgehead atoms. The minimum Gasteiger partial charge on any atom is -0.378 e. The first-order valence-corrected chi connectivity index (χ1v) is 8.92. The molecule has 3 N–H and O–H groups in total. The van der Waals surface area contributed by atoms with Gasteiger partial charge in [0.1, 0.15) is 0 Å². The topological polar surface area (TPSA) is 59.6 Å². The number of guanidine groups is 1. The van der Waals surface area contributed by atoms with E-state index in [1.54, 1.807) is 0 Å². The number of aliphatic imine (C=N–C) groups is 1. The zero-order valence-electron chi connectivity index (χ0n) is 14.3. The maximum absolute atomic E-state index is 6.07. The van der Waals surface area contributed by atoms with Crippen LogP contribution in [0.3, 0.4) is 0 Å². The molecule has 0 amide bonds. The maximum Gasteiger partial charge on any atom is 0.193 e. The van der Waals surface area contributed by atoms with Gasteiger partial charge in [0.05, 0.1) is 6.10 Å². The molecule has 3 rings (SSSR count). The maximum atomic E-state index is 6.07. The zero-order chi connectivity index (χ0) is 16.2. The van der Waals surface area contributed by atoms with Gasteiger partial charge in [0.25, 0.3) is 0 Å². The fourth-order valence-electron chi connectivity index (χ4n) is 3.60. The highest BCUT2D eigenvalue weighted by molar-refractivity contribution is 5.92. The van der Waals surface area contributed by atoms with Crippen molar-refractivity contribution < 1.29 is 4.74 Å². The number of anilines is 1. The third-order valence-electron chi connectivity index (χ3n) is 5.06. The van der Waals surface area contributed by atoms with Crippen molar-refractivity contribution in [2.75, 3.05) is 18.5 Å². The summed E-state index contributed by atoms with van der Waals surface area (Å²) in [7, 11) is 0. The van der Waals surface area contributed by atoms with Crippen molar-refractivity contribution in [1.82, 2.24) is 0 Å². The van der Waals surface area contributed by atoms with E-state index in [2.05, 4.69) is 42.4 Å². The summed E-state index contributed by atoms with van der Waals surface area (Å²) >= 11 is 0. The lowest BCUT2D eigenvalue weighted by Crippen LogP contribution is -2.32. The summed E-state index contributed by atoms with van der Waals surface area (Å²) in [6.45, 7) is 6.08. The van der Waals surface area contributed by atoms with E-state index in [9.17, 15) is 0 Å². The summed E-state index contributed by atoms with van der Waals surface area (Å²) in [6, 6.07) is 6.54. The van der Waals surface area contributed by atoms with Crippen molar-refractivity contribution >= 4 is 11.6 Å². The number of nitrogens with two attached hydrogens (primary N) is 1. The molecule has 23 heavy (non-hydrogen) atoms. The lowest BCUT2D eigenvalue weighted by Gasteiger charge is -2.31. The molecule has 1 aromatic carbocycles. The quantitative estimate of drug-likeness (QED) is 0.661. The lowest BCUT2D eigenvalue weighted by molar-refractivity contribution is -0.0320. The Morgan fingerprint density at radius 1 is 1.35 bits per heavy atom. The van der Waals surface area contributed by atoms with E-state index in [1.165, 1.54) is 30.4 Å². The highest BCUT2D eigenvalue weighted by Gasteiger charge is 2.24. The van der Waals surface area contributed by atoms with Gasteiger partial charge in [0, 0.05) is 18.8 Å². The second-order valence-electron chi connectivity index (χ2n) is 7.23. The number of nitrogens with one attached hydrogen (secondary N) is 1. The Bertz CT molecular complexity index is 568. The van der Waals surface area contributed by atoms with Gasteiger partial charge in [-0.15, -0.1) is 0 Å². The van der Waals surface area contributed by atoms with E-state index in [1.807, 2.05) is 0 Å². The van der Waals surface area contributed by atoms with Gasteiger partial charge >= 0.3 is 0 Å². The molecule has 1 saturated heterocycles. The van der Waals surface area contributed by atoms with Crippen molar-refractivity contribution in [3.05, 3.63) is 29.3 Å². The molecule has 2 atom stereocenters. The van der Waals surface area contributed by atoms with Gasteiger partial charge in [0.15, 0.2) is 5.96 Å². The number of hydrogen-bond acceptors (Lipinski definition) is 2. The molecule has 4 heteroatoms. The fraction of sp³-hybridized carbons (Fsp3) is 0.632. The monoisotopic (exact) mass is 315 g/mol. The molecule has 126 valence electrons. The van der Waals surface area contributed by atoms with Gasteiger partial charge in [-0.25, -0.2) is 0 Å². The largest absolute Gasteiger partial charge is 0.378 e. The molecule has 2 unspecified atom stereocenters. The van der Waals surface area contributed by atoms with Gasteiger partial charge in [-0.3, -0.25) is 4.99 Å². The second-order valence-corrected chi connectivity index (χ2v) is 7.23. The van der Waals surface area contributed by atoms with Crippen LogP contribution in [0.4, 0.5) is 5.69 Å². The van der Waals surface area contributed by atoms with Crippen LogP contribution in [0.2, 0.25) is 0 Å². The zero-order valence-corrected chi connectivity index (χ0v) is 14.3. The molecule has 2 aliphatic rings. The Kier molecular flexibility index (Phi) is 5.21. The van der Waals surface area contributed by atoms with Crippen LogP contribution in [0.1, 0.15) is 44.2 Å². The molecule has 1 fully saturated rings. The van der Waals surface area contributed by atoms with Gasteiger partial charge in [-0.1, -0.05) is 19.9 Å². The third-order valence-corrected chi connectivity index (χ3v) is 5.06. The Morgan fingerprint density at radius 2 is 2.17 bits per heavy atom. The number of nitrogens with zero attached hydrogens (tertiary/aromatic N) is 1. The summed E-state index contributed by atoms with van der Waals surface area (Å²) in [4.78, 5) is 4.56. The number of ether oxygens (including phenoxy) is 1. The van der Waals surface area contributed by atoms with Gasteiger partial charge < -0.3 is 15.8 Å². The van der Waals surface area contributed by atoms with Crippen molar-refractivity contribution in [2.24, 2.45) is 22.6 Å². The average Bonchev–Trinajstić information content (AvgIpc) is 3.01. The molecule has 4 nitrogen and oxygen atoms in total. The molecular formula is C19H29N3O. The van der Waals surface area contributed by atoms with Crippen molar-refractivity contribution in [2.45, 2.75) is 52.1 Å². The SMILES string of the molecule is CC(C)C1CC(CN=C(N)Nc2ccc3c(c2)CCC3)CCO1. The molecule has 1 heterocycles. The summed E-state index contributed by atoms with van der Waals surface area (Å²) in [5.41, 5.74) is 10.1. The van der Waals surface area contributed by atoms with E-state index >= 15 is 0 Å². The Hall–Kier alpha value is -1.55. The van der Waals surface area contributed by atoms with Crippen molar-refractivity contribution in [3.63, 3.8) is 0 Å². The first kappa shape index (κ1) is 16.3. The van der Waals surface area contributed by atoms with Gasteiger partial charge in [0.2, 0.25) is 0 Å². The van der Waals surface area contributed by atoms with Crippen molar-refractivity contribution in [1.29, 1.82) is 0 Å². The van der Waals surface area contributed by atoms with Crippen molar-refractivity contribution in [3.8, 4) is 0 Å². The molecule has 0 aromatic heterocycles. The Morgan fingerprint density at radius 3 is 3.00 bits per heavy atom. The molecular weight excluding hydrogens is 286 g/mol. The number of fused-ring (bicyclic) bond motifs is 1. The number of rotatable bonds is 4. The molecule has 0 saturated carbocycles. The first-order chi connectivity index (χ1) is 11.1. The minimum absolute atomic E-state index is 0.370. The van der Waals surface area contributed by atoms with Crippen LogP contribution >= 0.6 is 0 Å². The second kappa shape index (κ2) is 7.35. The summed E-state index contributed by atoms with van der Waals surface area (Å²) < 4.78 is 5.82. The molecule has 0 radical (unpaired) electrons. The van der Waals surface area contributed by atoms with Crippen LogP contribution in [-0.2, 0) is 17.6 Å². The summed E-state index contributed by atoms with van der Waals surface area (Å²) in [5.74, 6) is 1.68. The normalized spacial score (nSPS) is 24.7. The number of aryl methyl sites for hydroxylation is 2. The van der Waals surface area contributed by atoms with Crippen LogP contribution in [0.5, 0.6) is 0 Å².